The lowest BCUT2D eigenvalue weighted by molar-refractivity contribution is 0.164. The average molecular weight is 264 g/mol. The normalized spacial score (nSPS) is 18.1. The van der Waals surface area contributed by atoms with Crippen molar-refractivity contribution in [1.29, 1.82) is 0 Å². The summed E-state index contributed by atoms with van der Waals surface area (Å²) in [6.45, 7) is 2.83. The molecule has 1 atom stereocenters. The van der Waals surface area contributed by atoms with Crippen LogP contribution in [0, 0.1) is 0 Å². The molecule has 1 saturated heterocycles. The summed E-state index contributed by atoms with van der Waals surface area (Å²) < 4.78 is 10.8. The standard InChI is InChI=1S/C15H24N2O2/c1-18-12-6-7-15(19-2)13(10-12)14(11-16)17-8-4-3-5-9-17/h6-7,10,14H,3-5,8-9,11,16H2,1-2H3/t14-/m1/s1. The highest BCUT2D eigenvalue weighted by atomic mass is 16.5. The second-order valence-corrected chi connectivity index (χ2v) is 4.96. The van der Waals surface area contributed by atoms with Crippen molar-refractivity contribution in [1.82, 2.24) is 4.90 Å². The lowest BCUT2D eigenvalue weighted by atomic mass is 10.0. The van der Waals surface area contributed by atoms with Gasteiger partial charge in [0.15, 0.2) is 0 Å². The van der Waals surface area contributed by atoms with Crippen LogP contribution in [0.25, 0.3) is 0 Å². The van der Waals surface area contributed by atoms with E-state index in [4.69, 9.17) is 15.2 Å². The Morgan fingerprint density at radius 2 is 1.89 bits per heavy atom. The second-order valence-electron chi connectivity index (χ2n) is 4.96. The molecule has 1 fully saturated rings. The zero-order chi connectivity index (χ0) is 13.7. The first-order valence-electron chi connectivity index (χ1n) is 6.96. The molecular formula is C15H24N2O2. The number of hydrogen-bond donors (Lipinski definition) is 1. The van der Waals surface area contributed by atoms with E-state index in [-0.39, 0.29) is 6.04 Å². The summed E-state index contributed by atoms with van der Waals surface area (Å²) in [6, 6.07) is 6.14. The Morgan fingerprint density at radius 1 is 1.16 bits per heavy atom. The van der Waals surface area contributed by atoms with Gasteiger partial charge in [0.2, 0.25) is 0 Å². The molecule has 1 heterocycles. The summed E-state index contributed by atoms with van der Waals surface area (Å²) >= 11 is 0. The third-order valence-corrected chi connectivity index (χ3v) is 3.85. The molecule has 19 heavy (non-hydrogen) atoms. The molecule has 0 bridgehead atoms. The Morgan fingerprint density at radius 3 is 2.47 bits per heavy atom. The minimum atomic E-state index is 0.213. The van der Waals surface area contributed by atoms with Gasteiger partial charge >= 0.3 is 0 Å². The fourth-order valence-corrected chi connectivity index (χ4v) is 2.80. The summed E-state index contributed by atoms with van der Waals surface area (Å²) in [5.41, 5.74) is 7.14. The first-order valence-corrected chi connectivity index (χ1v) is 6.96. The largest absolute Gasteiger partial charge is 0.497 e. The van der Waals surface area contributed by atoms with Crippen molar-refractivity contribution in [2.24, 2.45) is 5.73 Å². The van der Waals surface area contributed by atoms with Gasteiger partial charge in [0, 0.05) is 12.1 Å². The minimum absolute atomic E-state index is 0.213. The van der Waals surface area contributed by atoms with Crippen molar-refractivity contribution in [3.8, 4) is 11.5 Å². The number of nitrogens with zero attached hydrogens (tertiary/aromatic N) is 1. The number of hydrogen-bond acceptors (Lipinski definition) is 4. The predicted molar refractivity (Wildman–Crippen MR) is 76.8 cm³/mol. The molecule has 0 aliphatic carbocycles. The molecule has 0 amide bonds. The van der Waals surface area contributed by atoms with Crippen molar-refractivity contribution in [2.45, 2.75) is 25.3 Å². The molecule has 1 aliphatic heterocycles. The lowest BCUT2D eigenvalue weighted by Gasteiger charge is -2.34. The lowest BCUT2D eigenvalue weighted by Crippen LogP contribution is -2.37. The van der Waals surface area contributed by atoms with Gasteiger partial charge in [-0.15, -0.1) is 0 Å². The van der Waals surface area contributed by atoms with E-state index in [9.17, 15) is 0 Å². The number of benzene rings is 1. The van der Waals surface area contributed by atoms with Gasteiger partial charge in [-0.3, -0.25) is 4.90 Å². The molecule has 0 radical (unpaired) electrons. The number of methoxy groups -OCH3 is 2. The van der Waals surface area contributed by atoms with Crippen LogP contribution < -0.4 is 15.2 Å². The van der Waals surface area contributed by atoms with Gasteiger partial charge in [0.1, 0.15) is 11.5 Å². The molecule has 1 aromatic carbocycles. The van der Waals surface area contributed by atoms with Gasteiger partial charge < -0.3 is 15.2 Å². The van der Waals surface area contributed by atoms with Gasteiger partial charge in [-0.25, -0.2) is 0 Å². The van der Waals surface area contributed by atoms with Gasteiger partial charge in [0.05, 0.1) is 20.3 Å². The third-order valence-electron chi connectivity index (χ3n) is 3.85. The van der Waals surface area contributed by atoms with Crippen LogP contribution in [0.2, 0.25) is 0 Å². The molecule has 4 heteroatoms. The van der Waals surface area contributed by atoms with E-state index >= 15 is 0 Å². The van der Waals surface area contributed by atoms with Crippen molar-refractivity contribution in [3.05, 3.63) is 23.8 Å². The van der Waals surface area contributed by atoms with Crippen molar-refractivity contribution < 1.29 is 9.47 Å². The number of nitrogens with two attached hydrogens (primary N) is 1. The van der Waals surface area contributed by atoms with Gasteiger partial charge in [0.25, 0.3) is 0 Å². The summed E-state index contributed by atoms with van der Waals surface area (Å²) in [5.74, 6) is 1.74. The third kappa shape index (κ3) is 3.19. The molecule has 2 rings (SSSR count). The van der Waals surface area contributed by atoms with E-state index in [1.165, 1.54) is 19.3 Å². The van der Waals surface area contributed by atoms with E-state index in [1.54, 1.807) is 14.2 Å². The minimum Gasteiger partial charge on any atom is -0.497 e. The van der Waals surface area contributed by atoms with E-state index in [1.807, 2.05) is 18.2 Å². The van der Waals surface area contributed by atoms with Crippen LogP contribution in [-0.2, 0) is 0 Å². The molecule has 0 unspecified atom stereocenters. The quantitative estimate of drug-likeness (QED) is 0.885. The number of likely N-dealkylation sites (tertiary alicyclic amines) is 1. The fourth-order valence-electron chi connectivity index (χ4n) is 2.80. The van der Waals surface area contributed by atoms with Gasteiger partial charge in [-0.05, 0) is 44.1 Å². The van der Waals surface area contributed by atoms with Crippen molar-refractivity contribution in [2.75, 3.05) is 33.9 Å². The first-order chi connectivity index (χ1) is 9.30. The maximum atomic E-state index is 6.01. The van der Waals surface area contributed by atoms with Crippen LogP contribution in [0.4, 0.5) is 0 Å². The molecule has 0 saturated carbocycles. The highest BCUT2D eigenvalue weighted by molar-refractivity contribution is 5.42. The Hall–Kier alpha value is -1.26. The summed E-state index contributed by atoms with van der Waals surface area (Å²) in [4.78, 5) is 2.46. The van der Waals surface area contributed by atoms with Crippen molar-refractivity contribution >= 4 is 0 Å². The smallest absolute Gasteiger partial charge is 0.123 e. The Labute approximate surface area is 115 Å². The predicted octanol–water partition coefficient (Wildman–Crippen LogP) is 2.19. The molecule has 0 spiro atoms. The summed E-state index contributed by atoms with van der Waals surface area (Å²) in [6.07, 6.45) is 3.83. The average Bonchev–Trinajstić information content (AvgIpc) is 2.49. The monoisotopic (exact) mass is 264 g/mol. The zero-order valence-electron chi connectivity index (χ0n) is 11.9. The maximum absolute atomic E-state index is 6.01. The van der Waals surface area contributed by atoms with Crippen LogP contribution in [0.3, 0.4) is 0 Å². The van der Waals surface area contributed by atoms with E-state index in [0.29, 0.717) is 6.54 Å². The molecule has 2 N–H and O–H groups in total. The molecule has 4 nitrogen and oxygen atoms in total. The molecular weight excluding hydrogens is 240 g/mol. The number of piperidine rings is 1. The molecule has 106 valence electrons. The summed E-state index contributed by atoms with van der Waals surface area (Å²) in [5, 5.41) is 0. The van der Waals surface area contributed by atoms with Crippen LogP contribution in [0.5, 0.6) is 11.5 Å². The Kier molecular flexibility index (Phi) is 5.05. The first kappa shape index (κ1) is 14.2. The fraction of sp³-hybridized carbons (Fsp3) is 0.600. The SMILES string of the molecule is COc1ccc(OC)c([C@@H](CN)N2CCCCC2)c1. The number of rotatable bonds is 5. The Balaban J connectivity index is 2.29. The van der Waals surface area contributed by atoms with E-state index < -0.39 is 0 Å². The zero-order valence-corrected chi connectivity index (χ0v) is 11.9. The van der Waals surface area contributed by atoms with E-state index in [0.717, 1.165) is 30.2 Å². The van der Waals surface area contributed by atoms with Crippen LogP contribution in [0.15, 0.2) is 18.2 Å². The molecule has 1 aromatic rings. The number of ether oxygens (including phenoxy) is 2. The van der Waals surface area contributed by atoms with Crippen molar-refractivity contribution in [3.63, 3.8) is 0 Å². The van der Waals surface area contributed by atoms with Gasteiger partial charge in [-0.2, -0.15) is 0 Å². The topological polar surface area (TPSA) is 47.7 Å². The second kappa shape index (κ2) is 6.78. The maximum Gasteiger partial charge on any atom is 0.123 e. The highest BCUT2D eigenvalue weighted by Crippen LogP contribution is 2.33. The van der Waals surface area contributed by atoms with Crippen LogP contribution in [0.1, 0.15) is 30.9 Å². The Bertz CT molecular complexity index is 403. The summed E-state index contributed by atoms with van der Waals surface area (Å²) in [7, 11) is 3.39. The molecule has 0 aromatic heterocycles. The molecule has 1 aliphatic rings. The van der Waals surface area contributed by atoms with E-state index in [2.05, 4.69) is 4.90 Å². The highest BCUT2D eigenvalue weighted by Gasteiger charge is 2.24. The van der Waals surface area contributed by atoms with Gasteiger partial charge in [-0.1, -0.05) is 6.42 Å². The van der Waals surface area contributed by atoms with Crippen LogP contribution >= 0.6 is 0 Å². The van der Waals surface area contributed by atoms with Crippen LogP contribution in [-0.4, -0.2) is 38.8 Å².